The summed E-state index contributed by atoms with van der Waals surface area (Å²) in [7, 11) is 0. The van der Waals surface area contributed by atoms with Crippen LogP contribution in [0.5, 0.6) is 0 Å². The summed E-state index contributed by atoms with van der Waals surface area (Å²) in [6.45, 7) is 5.65. The highest BCUT2D eigenvalue weighted by Crippen LogP contribution is 2.32. The summed E-state index contributed by atoms with van der Waals surface area (Å²) in [6, 6.07) is 9.32. The maximum Gasteiger partial charge on any atom is 0.407 e. The summed E-state index contributed by atoms with van der Waals surface area (Å²) in [5.74, 6) is -0.541. The standard InChI is InChI=1S/C16H21NO4/c1-16(2,3)21-15(19)17-13-9-12(13)14(18)20-10-11-7-5-4-6-8-11/h4-8,12-13H,9-10H2,1-3H3,(H,17,19). The fourth-order valence-electron chi connectivity index (χ4n) is 1.91. The normalized spacial score (nSPS) is 20.5. The van der Waals surface area contributed by atoms with E-state index in [0.717, 1.165) is 5.56 Å². The second-order valence-corrected chi connectivity index (χ2v) is 6.19. The second kappa shape index (κ2) is 6.16. The molecule has 0 aliphatic heterocycles. The van der Waals surface area contributed by atoms with Gasteiger partial charge in [0.25, 0.3) is 0 Å². The average molecular weight is 291 g/mol. The van der Waals surface area contributed by atoms with Crippen LogP contribution in [0.4, 0.5) is 4.79 Å². The lowest BCUT2D eigenvalue weighted by molar-refractivity contribution is -0.146. The largest absolute Gasteiger partial charge is 0.461 e. The van der Waals surface area contributed by atoms with Gasteiger partial charge in [-0.3, -0.25) is 4.79 Å². The number of hydrogen-bond acceptors (Lipinski definition) is 4. The Morgan fingerprint density at radius 2 is 1.90 bits per heavy atom. The van der Waals surface area contributed by atoms with Crippen LogP contribution in [-0.2, 0) is 20.9 Å². The Balaban J connectivity index is 1.71. The van der Waals surface area contributed by atoms with Gasteiger partial charge in [0.1, 0.15) is 12.2 Å². The Morgan fingerprint density at radius 3 is 2.52 bits per heavy atom. The Morgan fingerprint density at radius 1 is 1.24 bits per heavy atom. The molecule has 1 aromatic carbocycles. The van der Waals surface area contributed by atoms with Gasteiger partial charge < -0.3 is 14.8 Å². The van der Waals surface area contributed by atoms with Crippen LogP contribution in [0.1, 0.15) is 32.8 Å². The van der Waals surface area contributed by atoms with Gasteiger partial charge in [-0.1, -0.05) is 30.3 Å². The summed E-state index contributed by atoms with van der Waals surface area (Å²) < 4.78 is 10.4. The van der Waals surface area contributed by atoms with Crippen LogP contribution in [0.25, 0.3) is 0 Å². The van der Waals surface area contributed by atoms with Crippen molar-refractivity contribution in [2.45, 2.75) is 45.4 Å². The molecule has 1 saturated carbocycles. The molecule has 5 nitrogen and oxygen atoms in total. The van der Waals surface area contributed by atoms with Gasteiger partial charge in [-0.25, -0.2) is 4.79 Å². The molecule has 0 aromatic heterocycles. The van der Waals surface area contributed by atoms with Crippen molar-refractivity contribution >= 4 is 12.1 Å². The summed E-state index contributed by atoms with van der Waals surface area (Å²) in [5, 5.41) is 2.68. The molecule has 1 aromatic rings. The first kappa shape index (κ1) is 15.4. The molecular formula is C16H21NO4. The third kappa shape index (κ3) is 5.10. The van der Waals surface area contributed by atoms with Crippen molar-refractivity contribution in [2.24, 2.45) is 5.92 Å². The zero-order valence-electron chi connectivity index (χ0n) is 12.6. The molecule has 2 rings (SSSR count). The minimum Gasteiger partial charge on any atom is -0.461 e. The van der Waals surface area contributed by atoms with E-state index in [1.54, 1.807) is 20.8 Å². The van der Waals surface area contributed by atoms with E-state index in [1.165, 1.54) is 0 Å². The quantitative estimate of drug-likeness (QED) is 0.866. The molecule has 1 aliphatic carbocycles. The molecule has 5 heteroatoms. The van der Waals surface area contributed by atoms with E-state index < -0.39 is 11.7 Å². The fraction of sp³-hybridized carbons (Fsp3) is 0.500. The van der Waals surface area contributed by atoms with Gasteiger partial charge >= 0.3 is 12.1 Å². The third-order valence-corrected chi connectivity index (χ3v) is 3.02. The van der Waals surface area contributed by atoms with Crippen LogP contribution < -0.4 is 5.32 Å². The number of amides is 1. The number of hydrogen-bond donors (Lipinski definition) is 1. The Hall–Kier alpha value is -2.04. The van der Waals surface area contributed by atoms with Gasteiger partial charge in [0.2, 0.25) is 0 Å². The summed E-state index contributed by atoms with van der Waals surface area (Å²) in [4.78, 5) is 23.4. The molecule has 2 atom stereocenters. The van der Waals surface area contributed by atoms with Gasteiger partial charge in [0.05, 0.1) is 5.92 Å². The Bertz CT molecular complexity index is 507. The zero-order valence-corrected chi connectivity index (χ0v) is 12.6. The Labute approximate surface area is 124 Å². The highest BCUT2D eigenvalue weighted by molar-refractivity contribution is 5.79. The van der Waals surface area contributed by atoms with Crippen molar-refractivity contribution in [1.82, 2.24) is 5.32 Å². The number of esters is 1. The predicted molar refractivity (Wildman–Crippen MR) is 77.5 cm³/mol. The number of nitrogens with one attached hydrogen (secondary N) is 1. The number of benzene rings is 1. The monoisotopic (exact) mass is 291 g/mol. The van der Waals surface area contributed by atoms with E-state index in [2.05, 4.69) is 5.32 Å². The molecule has 0 saturated heterocycles. The van der Waals surface area contributed by atoms with Gasteiger partial charge in [0, 0.05) is 6.04 Å². The average Bonchev–Trinajstić information content (AvgIpc) is 3.14. The lowest BCUT2D eigenvalue weighted by Gasteiger charge is -2.19. The van der Waals surface area contributed by atoms with E-state index in [4.69, 9.17) is 9.47 Å². The minimum absolute atomic E-state index is 0.178. The SMILES string of the molecule is CC(C)(C)OC(=O)NC1CC1C(=O)OCc1ccccc1. The van der Waals surface area contributed by atoms with Crippen molar-refractivity contribution in [3.63, 3.8) is 0 Å². The van der Waals surface area contributed by atoms with E-state index in [9.17, 15) is 9.59 Å². The molecule has 0 heterocycles. The Kier molecular flexibility index (Phi) is 4.50. The number of rotatable bonds is 4. The fourth-order valence-corrected chi connectivity index (χ4v) is 1.91. The molecule has 0 spiro atoms. The van der Waals surface area contributed by atoms with E-state index in [0.29, 0.717) is 6.42 Å². The lowest BCUT2D eigenvalue weighted by Crippen LogP contribution is -2.35. The maximum atomic E-state index is 11.8. The highest BCUT2D eigenvalue weighted by atomic mass is 16.6. The first-order valence-electron chi connectivity index (χ1n) is 7.05. The topological polar surface area (TPSA) is 64.6 Å². The molecule has 1 aliphatic rings. The van der Waals surface area contributed by atoms with Crippen LogP contribution in [-0.4, -0.2) is 23.7 Å². The van der Waals surface area contributed by atoms with Crippen LogP contribution in [0.3, 0.4) is 0 Å². The molecule has 1 fully saturated rings. The van der Waals surface area contributed by atoms with Crippen molar-refractivity contribution in [3.05, 3.63) is 35.9 Å². The van der Waals surface area contributed by atoms with Crippen LogP contribution in [0.2, 0.25) is 0 Å². The maximum absolute atomic E-state index is 11.8. The van der Waals surface area contributed by atoms with Crippen molar-refractivity contribution < 1.29 is 19.1 Å². The van der Waals surface area contributed by atoms with E-state index in [-0.39, 0.29) is 24.5 Å². The summed E-state index contributed by atoms with van der Waals surface area (Å²) in [5.41, 5.74) is 0.408. The first-order valence-corrected chi connectivity index (χ1v) is 7.05. The predicted octanol–water partition coefficient (Wildman–Crippen LogP) is 2.64. The number of carbonyl (C=O) groups is 2. The highest BCUT2D eigenvalue weighted by Gasteiger charge is 2.46. The van der Waals surface area contributed by atoms with Gasteiger partial charge in [-0.2, -0.15) is 0 Å². The first-order chi connectivity index (χ1) is 9.85. The number of carbonyl (C=O) groups excluding carboxylic acids is 2. The van der Waals surface area contributed by atoms with Crippen LogP contribution in [0, 0.1) is 5.92 Å². The molecule has 114 valence electrons. The number of ether oxygens (including phenoxy) is 2. The summed E-state index contributed by atoms with van der Waals surface area (Å²) in [6.07, 6.45) is 0.109. The molecule has 2 unspecified atom stereocenters. The van der Waals surface area contributed by atoms with E-state index in [1.807, 2.05) is 30.3 Å². The molecule has 1 N–H and O–H groups in total. The van der Waals surface area contributed by atoms with Crippen LogP contribution >= 0.6 is 0 Å². The van der Waals surface area contributed by atoms with Gasteiger partial charge in [-0.15, -0.1) is 0 Å². The number of alkyl carbamates (subject to hydrolysis) is 1. The van der Waals surface area contributed by atoms with Crippen molar-refractivity contribution in [2.75, 3.05) is 0 Å². The van der Waals surface area contributed by atoms with Crippen LogP contribution in [0.15, 0.2) is 30.3 Å². The molecular weight excluding hydrogens is 270 g/mol. The van der Waals surface area contributed by atoms with Crippen molar-refractivity contribution in [3.8, 4) is 0 Å². The molecule has 0 bridgehead atoms. The van der Waals surface area contributed by atoms with Gasteiger partial charge in [-0.05, 0) is 32.8 Å². The third-order valence-electron chi connectivity index (χ3n) is 3.02. The summed E-state index contributed by atoms with van der Waals surface area (Å²) >= 11 is 0. The van der Waals surface area contributed by atoms with E-state index >= 15 is 0 Å². The minimum atomic E-state index is -0.539. The zero-order chi connectivity index (χ0) is 15.5. The molecule has 1 amide bonds. The molecule has 21 heavy (non-hydrogen) atoms. The molecule has 0 radical (unpaired) electrons. The lowest BCUT2D eigenvalue weighted by atomic mass is 10.2. The smallest absolute Gasteiger partial charge is 0.407 e. The van der Waals surface area contributed by atoms with Crippen molar-refractivity contribution in [1.29, 1.82) is 0 Å². The second-order valence-electron chi connectivity index (χ2n) is 6.19. The van der Waals surface area contributed by atoms with Gasteiger partial charge in [0.15, 0.2) is 0 Å².